The van der Waals surface area contributed by atoms with Crippen LogP contribution in [0.3, 0.4) is 0 Å². The van der Waals surface area contributed by atoms with E-state index in [1.165, 1.54) is 6.92 Å². The summed E-state index contributed by atoms with van der Waals surface area (Å²) in [6, 6.07) is 7.06. The van der Waals surface area contributed by atoms with Crippen molar-refractivity contribution in [3.63, 3.8) is 0 Å². The van der Waals surface area contributed by atoms with Crippen LogP contribution in [0.4, 0.5) is 5.69 Å². The van der Waals surface area contributed by atoms with E-state index in [2.05, 4.69) is 15.3 Å². The minimum atomic E-state index is -0.123. The van der Waals surface area contributed by atoms with E-state index < -0.39 is 0 Å². The van der Waals surface area contributed by atoms with E-state index in [9.17, 15) is 9.59 Å². The SMILES string of the molecule is CC(=O)Nc1ccc(Oc2cncc(C3CCN(C(=O)CCCl)CC3)n2)cc1. The van der Waals surface area contributed by atoms with Crippen molar-refractivity contribution in [2.75, 3.05) is 24.3 Å². The third-order valence-electron chi connectivity index (χ3n) is 4.60. The summed E-state index contributed by atoms with van der Waals surface area (Å²) in [6.07, 6.45) is 5.41. The number of ether oxygens (including phenoxy) is 1. The molecule has 7 nitrogen and oxygen atoms in total. The highest BCUT2D eigenvalue weighted by Crippen LogP contribution is 2.29. The minimum absolute atomic E-state index is 0.110. The van der Waals surface area contributed by atoms with E-state index in [1.807, 2.05) is 4.90 Å². The highest BCUT2D eigenvalue weighted by Gasteiger charge is 2.24. The van der Waals surface area contributed by atoms with Gasteiger partial charge in [0.2, 0.25) is 17.7 Å². The Labute approximate surface area is 169 Å². The first-order valence-corrected chi connectivity index (χ1v) is 9.80. The number of anilines is 1. The quantitative estimate of drug-likeness (QED) is 0.747. The van der Waals surface area contributed by atoms with Crippen molar-refractivity contribution in [3.05, 3.63) is 42.4 Å². The van der Waals surface area contributed by atoms with Crippen LogP contribution in [0.2, 0.25) is 0 Å². The van der Waals surface area contributed by atoms with Gasteiger partial charge in [-0.3, -0.25) is 14.6 Å². The van der Waals surface area contributed by atoms with Gasteiger partial charge in [-0.2, -0.15) is 0 Å². The number of nitrogens with one attached hydrogen (secondary N) is 1. The molecule has 0 bridgehead atoms. The van der Waals surface area contributed by atoms with E-state index in [-0.39, 0.29) is 17.7 Å². The molecule has 2 amide bonds. The van der Waals surface area contributed by atoms with Crippen molar-refractivity contribution in [3.8, 4) is 11.6 Å². The van der Waals surface area contributed by atoms with Crippen LogP contribution in [0.1, 0.15) is 37.8 Å². The predicted octanol–water partition coefficient (Wildman–Crippen LogP) is 3.56. The number of rotatable bonds is 6. The number of benzene rings is 1. The molecule has 148 valence electrons. The summed E-state index contributed by atoms with van der Waals surface area (Å²) in [5.74, 6) is 1.63. The molecule has 1 fully saturated rings. The fourth-order valence-electron chi connectivity index (χ4n) is 3.20. The van der Waals surface area contributed by atoms with Crippen LogP contribution in [-0.4, -0.2) is 45.7 Å². The first kappa shape index (κ1) is 20.1. The number of nitrogens with zero attached hydrogens (tertiary/aromatic N) is 3. The summed E-state index contributed by atoms with van der Waals surface area (Å²) in [5.41, 5.74) is 1.58. The monoisotopic (exact) mass is 402 g/mol. The number of hydrogen-bond donors (Lipinski definition) is 1. The zero-order chi connectivity index (χ0) is 19.9. The molecule has 2 heterocycles. The average Bonchev–Trinajstić information content (AvgIpc) is 2.70. The highest BCUT2D eigenvalue weighted by atomic mass is 35.5. The number of hydrogen-bond acceptors (Lipinski definition) is 5. The predicted molar refractivity (Wildman–Crippen MR) is 107 cm³/mol. The first-order chi connectivity index (χ1) is 13.5. The van der Waals surface area contributed by atoms with Crippen molar-refractivity contribution in [1.29, 1.82) is 0 Å². The van der Waals surface area contributed by atoms with E-state index in [1.54, 1.807) is 36.7 Å². The Morgan fingerprint density at radius 3 is 2.57 bits per heavy atom. The van der Waals surface area contributed by atoms with Crippen LogP contribution in [-0.2, 0) is 9.59 Å². The minimum Gasteiger partial charge on any atom is -0.437 e. The maximum atomic E-state index is 12.0. The number of halogens is 1. The number of piperidine rings is 1. The normalized spacial score (nSPS) is 14.6. The Kier molecular flexibility index (Phi) is 6.81. The molecular weight excluding hydrogens is 380 g/mol. The van der Waals surface area contributed by atoms with Crippen molar-refractivity contribution in [2.45, 2.75) is 32.1 Å². The molecule has 1 saturated heterocycles. The van der Waals surface area contributed by atoms with Crippen molar-refractivity contribution >= 4 is 29.1 Å². The maximum Gasteiger partial charge on any atom is 0.238 e. The summed E-state index contributed by atoms with van der Waals surface area (Å²) in [4.78, 5) is 33.7. The number of carbonyl (C=O) groups is 2. The molecule has 1 aliphatic rings. The third kappa shape index (κ3) is 5.42. The Balaban J connectivity index is 1.60. The van der Waals surface area contributed by atoms with E-state index in [4.69, 9.17) is 16.3 Å². The summed E-state index contributed by atoms with van der Waals surface area (Å²) >= 11 is 5.66. The van der Waals surface area contributed by atoms with Crippen molar-refractivity contribution < 1.29 is 14.3 Å². The van der Waals surface area contributed by atoms with E-state index in [0.717, 1.165) is 18.5 Å². The Hall–Kier alpha value is -2.67. The summed E-state index contributed by atoms with van der Waals surface area (Å²) in [5, 5.41) is 2.71. The van der Waals surface area contributed by atoms with Gasteiger partial charge >= 0.3 is 0 Å². The second kappa shape index (κ2) is 9.50. The van der Waals surface area contributed by atoms with Crippen LogP contribution in [0.15, 0.2) is 36.7 Å². The van der Waals surface area contributed by atoms with Gasteiger partial charge in [0.1, 0.15) is 5.75 Å². The van der Waals surface area contributed by atoms with Gasteiger partial charge in [-0.05, 0) is 37.1 Å². The first-order valence-electron chi connectivity index (χ1n) is 9.26. The lowest BCUT2D eigenvalue weighted by Gasteiger charge is -2.31. The molecule has 0 atom stereocenters. The molecule has 1 aromatic carbocycles. The number of carbonyl (C=O) groups excluding carboxylic acids is 2. The smallest absolute Gasteiger partial charge is 0.238 e. The van der Waals surface area contributed by atoms with Gasteiger partial charge in [-0.15, -0.1) is 11.6 Å². The summed E-state index contributed by atoms with van der Waals surface area (Å²) < 4.78 is 5.80. The van der Waals surface area contributed by atoms with Crippen LogP contribution >= 0.6 is 11.6 Å². The second-order valence-electron chi connectivity index (χ2n) is 6.68. The zero-order valence-corrected chi connectivity index (χ0v) is 16.5. The lowest BCUT2D eigenvalue weighted by molar-refractivity contribution is -0.131. The Bertz CT molecular complexity index is 820. The molecule has 1 aromatic heterocycles. The van der Waals surface area contributed by atoms with Gasteiger partial charge in [-0.1, -0.05) is 0 Å². The van der Waals surface area contributed by atoms with Gasteiger partial charge < -0.3 is 15.0 Å². The molecule has 0 aliphatic carbocycles. The molecule has 8 heteroatoms. The maximum absolute atomic E-state index is 12.0. The molecular formula is C20H23ClN4O3. The van der Waals surface area contributed by atoms with Crippen LogP contribution in [0, 0.1) is 0 Å². The molecule has 0 spiro atoms. The standard InChI is InChI=1S/C20H23ClN4O3/c1-14(26)23-16-2-4-17(5-3-16)28-19-13-22-12-18(24-19)15-7-10-25(11-8-15)20(27)6-9-21/h2-5,12-13,15H,6-11H2,1H3,(H,23,26). The molecule has 0 radical (unpaired) electrons. The van der Waals surface area contributed by atoms with Gasteiger partial charge in [-0.25, -0.2) is 4.98 Å². The number of likely N-dealkylation sites (tertiary alicyclic amines) is 1. The highest BCUT2D eigenvalue weighted by molar-refractivity contribution is 6.18. The fraction of sp³-hybridized carbons (Fsp3) is 0.400. The van der Waals surface area contributed by atoms with Crippen LogP contribution in [0.25, 0.3) is 0 Å². The molecule has 0 unspecified atom stereocenters. The number of amides is 2. The molecule has 3 rings (SSSR count). The lowest BCUT2D eigenvalue weighted by atomic mass is 9.93. The topological polar surface area (TPSA) is 84.4 Å². The van der Waals surface area contributed by atoms with Gasteiger partial charge in [0.15, 0.2) is 0 Å². The van der Waals surface area contributed by atoms with E-state index in [0.29, 0.717) is 42.7 Å². The van der Waals surface area contributed by atoms with Gasteiger partial charge in [0.05, 0.1) is 11.9 Å². The van der Waals surface area contributed by atoms with Crippen molar-refractivity contribution in [2.24, 2.45) is 0 Å². The van der Waals surface area contributed by atoms with Crippen LogP contribution in [0.5, 0.6) is 11.6 Å². The van der Waals surface area contributed by atoms with Crippen LogP contribution < -0.4 is 10.1 Å². The zero-order valence-electron chi connectivity index (χ0n) is 15.7. The van der Waals surface area contributed by atoms with Crippen molar-refractivity contribution in [1.82, 2.24) is 14.9 Å². The van der Waals surface area contributed by atoms with E-state index >= 15 is 0 Å². The van der Waals surface area contributed by atoms with Gasteiger partial charge in [0.25, 0.3) is 0 Å². The third-order valence-corrected chi connectivity index (χ3v) is 4.79. The molecule has 28 heavy (non-hydrogen) atoms. The Morgan fingerprint density at radius 2 is 1.93 bits per heavy atom. The fourth-order valence-corrected chi connectivity index (χ4v) is 3.36. The molecule has 1 N–H and O–H groups in total. The summed E-state index contributed by atoms with van der Waals surface area (Å²) in [6.45, 7) is 2.87. The number of alkyl halides is 1. The Morgan fingerprint density at radius 1 is 1.21 bits per heavy atom. The average molecular weight is 403 g/mol. The summed E-state index contributed by atoms with van der Waals surface area (Å²) in [7, 11) is 0. The largest absolute Gasteiger partial charge is 0.437 e. The molecule has 1 aliphatic heterocycles. The number of aromatic nitrogens is 2. The lowest BCUT2D eigenvalue weighted by Crippen LogP contribution is -2.38. The molecule has 2 aromatic rings. The molecule has 0 saturated carbocycles. The van der Waals surface area contributed by atoms with Gasteiger partial charge in [0, 0.05) is 50.1 Å². The second-order valence-corrected chi connectivity index (χ2v) is 7.06.